The highest BCUT2D eigenvalue weighted by atomic mass is 15.1. The van der Waals surface area contributed by atoms with Crippen LogP contribution in [-0.4, -0.2) is 16.5 Å². The van der Waals surface area contributed by atoms with Crippen molar-refractivity contribution in [3.8, 4) is 0 Å². The molecule has 16 heavy (non-hydrogen) atoms. The van der Waals surface area contributed by atoms with Gasteiger partial charge >= 0.3 is 0 Å². The van der Waals surface area contributed by atoms with E-state index in [2.05, 4.69) is 29.1 Å². The van der Waals surface area contributed by atoms with E-state index < -0.39 is 0 Å². The Kier molecular flexibility index (Phi) is 3.64. The molecule has 3 nitrogen and oxygen atoms in total. The Bertz CT molecular complexity index is 332. The van der Waals surface area contributed by atoms with E-state index in [1.165, 1.54) is 43.5 Å². The molecule has 0 spiro atoms. The summed E-state index contributed by atoms with van der Waals surface area (Å²) in [6, 6.07) is 0. The molecule has 1 aromatic rings. The molecule has 2 heterocycles. The molecule has 0 saturated heterocycles. The summed E-state index contributed by atoms with van der Waals surface area (Å²) < 4.78 is 0. The molecule has 3 heteroatoms. The lowest BCUT2D eigenvalue weighted by Crippen LogP contribution is -2.45. The smallest absolute Gasteiger partial charge is 0.0926 e. The van der Waals surface area contributed by atoms with E-state index in [0.717, 1.165) is 13.0 Å². The van der Waals surface area contributed by atoms with Gasteiger partial charge in [-0.15, -0.1) is 0 Å². The van der Waals surface area contributed by atoms with Crippen molar-refractivity contribution in [2.45, 2.75) is 57.9 Å². The Hall–Kier alpha value is -0.830. The summed E-state index contributed by atoms with van der Waals surface area (Å²) >= 11 is 0. The topological polar surface area (TPSA) is 40.7 Å². The van der Waals surface area contributed by atoms with Crippen LogP contribution in [0.5, 0.6) is 0 Å². The molecule has 0 fully saturated rings. The average Bonchev–Trinajstić information content (AvgIpc) is 2.75. The lowest BCUT2D eigenvalue weighted by Gasteiger charge is -2.34. The number of H-pyrrole nitrogens is 1. The number of rotatable bonds is 5. The zero-order valence-corrected chi connectivity index (χ0v) is 10.5. The standard InChI is InChI=1S/C13H23N3/c1-3-4-5-6-8-13(2)12-11(7-9-16-13)14-10-15-12/h10,16H,3-9H2,1-2H3,(H,14,15). The van der Waals surface area contributed by atoms with Crippen LogP contribution < -0.4 is 5.32 Å². The summed E-state index contributed by atoms with van der Waals surface area (Å²) in [5, 5.41) is 3.63. The molecule has 1 unspecified atom stereocenters. The van der Waals surface area contributed by atoms with Crippen LogP contribution in [0.25, 0.3) is 0 Å². The van der Waals surface area contributed by atoms with Crippen LogP contribution in [0, 0.1) is 0 Å². The van der Waals surface area contributed by atoms with Crippen LogP contribution in [0.4, 0.5) is 0 Å². The van der Waals surface area contributed by atoms with Gasteiger partial charge in [0.15, 0.2) is 0 Å². The third kappa shape index (κ3) is 2.29. The fourth-order valence-corrected chi connectivity index (χ4v) is 2.65. The molecule has 0 amide bonds. The molecule has 0 bridgehead atoms. The summed E-state index contributed by atoms with van der Waals surface area (Å²) in [6.07, 6.45) is 9.41. The van der Waals surface area contributed by atoms with Crippen molar-refractivity contribution < 1.29 is 0 Å². The van der Waals surface area contributed by atoms with Gasteiger partial charge in [-0.2, -0.15) is 0 Å². The van der Waals surface area contributed by atoms with E-state index >= 15 is 0 Å². The van der Waals surface area contributed by atoms with Crippen molar-refractivity contribution in [3.63, 3.8) is 0 Å². The van der Waals surface area contributed by atoms with Crippen LogP contribution in [0.2, 0.25) is 0 Å². The first-order valence-electron chi connectivity index (χ1n) is 6.54. The maximum atomic E-state index is 4.49. The second kappa shape index (κ2) is 5.00. The molecular weight excluding hydrogens is 198 g/mol. The number of hydrogen-bond donors (Lipinski definition) is 2. The van der Waals surface area contributed by atoms with Gasteiger partial charge in [-0.25, -0.2) is 4.98 Å². The molecule has 0 aromatic carbocycles. The van der Waals surface area contributed by atoms with Gasteiger partial charge in [-0.3, -0.25) is 0 Å². The predicted octanol–water partition coefficient (Wildman–Crippen LogP) is 2.74. The summed E-state index contributed by atoms with van der Waals surface area (Å²) in [6.45, 7) is 5.61. The van der Waals surface area contributed by atoms with E-state index in [-0.39, 0.29) is 5.54 Å². The Morgan fingerprint density at radius 2 is 2.25 bits per heavy atom. The number of aromatic amines is 1. The molecule has 1 aliphatic heterocycles. The summed E-state index contributed by atoms with van der Waals surface area (Å²) in [4.78, 5) is 7.75. The van der Waals surface area contributed by atoms with Gasteiger partial charge in [0.1, 0.15) is 0 Å². The van der Waals surface area contributed by atoms with Gasteiger partial charge in [0.2, 0.25) is 0 Å². The maximum absolute atomic E-state index is 4.49. The van der Waals surface area contributed by atoms with Crippen LogP contribution in [-0.2, 0) is 12.0 Å². The van der Waals surface area contributed by atoms with E-state index in [4.69, 9.17) is 0 Å². The highest BCUT2D eigenvalue weighted by Gasteiger charge is 2.33. The third-order valence-corrected chi connectivity index (χ3v) is 3.66. The lowest BCUT2D eigenvalue weighted by molar-refractivity contribution is 0.302. The van der Waals surface area contributed by atoms with Crippen LogP contribution >= 0.6 is 0 Å². The van der Waals surface area contributed by atoms with Crippen molar-refractivity contribution in [1.29, 1.82) is 0 Å². The summed E-state index contributed by atoms with van der Waals surface area (Å²) in [5.41, 5.74) is 2.67. The SMILES string of the molecule is CCCCCCC1(C)NCCc2[nH]cnc21. The van der Waals surface area contributed by atoms with Crippen LogP contribution in [0.1, 0.15) is 57.3 Å². The van der Waals surface area contributed by atoms with E-state index in [1.807, 2.05) is 6.33 Å². The van der Waals surface area contributed by atoms with Gasteiger partial charge in [-0.05, 0) is 13.3 Å². The van der Waals surface area contributed by atoms with Crippen molar-refractivity contribution in [3.05, 3.63) is 17.7 Å². The Labute approximate surface area is 98.1 Å². The van der Waals surface area contributed by atoms with E-state index in [1.54, 1.807) is 0 Å². The van der Waals surface area contributed by atoms with Crippen molar-refractivity contribution in [2.75, 3.05) is 6.54 Å². The highest BCUT2D eigenvalue weighted by Crippen LogP contribution is 2.30. The number of hydrogen-bond acceptors (Lipinski definition) is 2. The second-order valence-corrected chi connectivity index (χ2v) is 5.05. The number of imidazole rings is 1. The molecular formula is C13H23N3. The molecule has 2 N–H and O–H groups in total. The molecule has 0 aliphatic carbocycles. The quantitative estimate of drug-likeness (QED) is 0.751. The molecule has 1 aromatic heterocycles. The zero-order chi connectivity index (χ0) is 11.4. The summed E-state index contributed by atoms with van der Waals surface area (Å²) in [5.74, 6) is 0. The Morgan fingerprint density at radius 1 is 1.38 bits per heavy atom. The highest BCUT2D eigenvalue weighted by molar-refractivity contribution is 5.24. The predicted molar refractivity (Wildman–Crippen MR) is 66.4 cm³/mol. The summed E-state index contributed by atoms with van der Waals surface area (Å²) in [7, 11) is 0. The largest absolute Gasteiger partial charge is 0.348 e. The first kappa shape index (κ1) is 11.6. The second-order valence-electron chi connectivity index (χ2n) is 5.05. The van der Waals surface area contributed by atoms with Gasteiger partial charge in [0.05, 0.1) is 17.6 Å². The zero-order valence-electron chi connectivity index (χ0n) is 10.5. The molecule has 2 rings (SSSR count). The van der Waals surface area contributed by atoms with Crippen molar-refractivity contribution in [1.82, 2.24) is 15.3 Å². The van der Waals surface area contributed by atoms with Crippen LogP contribution in [0.3, 0.4) is 0 Å². The first-order valence-corrected chi connectivity index (χ1v) is 6.54. The van der Waals surface area contributed by atoms with Gasteiger partial charge in [-0.1, -0.05) is 32.6 Å². The normalized spacial score (nSPS) is 24.4. The maximum Gasteiger partial charge on any atom is 0.0926 e. The molecule has 0 saturated carbocycles. The lowest BCUT2D eigenvalue weighted by atomic mass is 9.86. The minimum atomic E-state index is 0.0985. The van der Waals surface area contributed by atoms with Gasteiger partial charge in [0.25, 0.3) is 0 Å². The van der Waals surface area contributed by atoms with Gasteiger partial charge < -0.3 is 10.3 Å². The van der Waals surface area contributed by atoms with E-state index in [9.17, 15) is 0 Å². The molecule has 0 radical (unpaired) electrons. The average molecular weight is 221 g/mol. The minimum Gasteiger partial charge on any atom is -0.348 e. The fraction of sp³-hybridized carbons (Fsp3) is 0.769. The Balaban J connectivity index is 1.98. The number of unbranched alkanes of at least 4 members (excludes halogenated alkanes) is 3. The van der Waals surface area contributed by atoms with E-state index in [0.29, 0.717) is 0 Å². The van der Waals surface area contributed by atoms with Crippen molar-refractivity contribution >= 4 is 0 Å². The molecule has 1 atom stereocenters. The fourth-order valence-electron chi connectivity index (χ4n) is 2.65. The number of nitrogens with zero attached hydrogens (tertiary/aromatic N) is 1. The molecule has 90 valence electrons. The monoisotopic (exact) mass is 221 g/mol. The first-order chi connectivity index (χ1) is 7.76. The number of fused-ring (bicyclic) bond motifs is 1. The van der Waals surface area contributed by atoms with Crippen LogP contribution in [0.15, 0.2) is 6.33 Å². The third-order valence-electron chi connectivity index (χ3n) is 3.66. The van der Waals surface area contributed by atoms with Gasteiger partial charge in [0, 0.05) is 18.7 Å². The Morgan fingerprint density at radius 3 is 3.06 bits per heavy atom. The minimum absolute atomic E-state index is 0.0985. The van der Waals surface area contributed by atoms with Crippen molar-refractivity contribution in [2.24, 2.45) is 0 Å². The number of nitrogens with one attached hydrogen (secondary N) is 2. The molecule has 1 aliphatic rings. The number of aromatic nitrogens is 2.